The Kier molecular flexibility index (Phi) is 6.05. The van der Waals surface area contributed by atoms with Crippen LogP contribution >= 0.6 is 0 Å². The number of hydrogen-bond acceptors (Lipinski definition) is 6. The zero-order chi connectivity index (χ0) is 22.6. The lowest BCUT2D eigenvalue weighted by atomic mass is 9.46. The number of fused-ring (bicyclic) bond motifs is 5. The molecule has 0 bridgehead atoms. The average Bonchev–Trinajstić information content (AvgIpc) is 2.99. The van der Waals surface area contributed by atoms with Gasteiger partial charge in [-0.05, 0) is 61.5 Å². The molecule has 0 aliphatic heterocycles. The van der Waals surface area contributed by atoms with Gasteiger partial charge in [0.25, 0.3) is 0 Å². The molecule has 3 fully saturated rings. The molecule has 0 aromatic carbocycles. The van der Waals surface area contributed by atoms with Crippen molar-refractivity contribution in [2.45, 2.75) is 77.8 Å². The van der Waals surface area contributed by atoms with Gasteiger partial charge in [-0.3, -0.25) is 9.59 Å². The first-order chi connectivity index (χ1) is 14.7. The Morgan fingerprint density at radius 1 is 1.35 bits per heavy atom. The molecular formula is C25H36O6. The number of ether oxygens (including phenoxy) is 1. The van der Waals surface area contributed by atoms with E-state index in [0.29, 0.717) is 19.3 Å². The van der Waals surface area contributed by atoms with Crippen molar-refractivity contribution in [2.24, 2.45) is 34.5 Å². The van der Waals surface area contributed by atoms with Crippen molar-refractivity contribution in [3.05, 3.63) is 23.8 Å². The highest BCUT2D eigenvalue weighted by molar-refractivity contribution is 6.01. The fourth-order valence-electron chi connectivity index (χ4n) is 7.64. The maximum absolute atomic E-state index is 12.9. The first kappa shape index (κ1) is 22.8. The largest absolute Gasteiger partial charge is 0.393 e. The van der Waals surface area contributed by atoms with Crippen LogP contribution in [-0.2, 0) is 14.3 Å². The van der Waals surface area contributed by atoms with Crippen molar-refractivity contribution in [3.8, 4) is 0 Å². The third-order valence-electron chi connectivity index (χ3n) is 8.87. The number of aliphatic hydroxyl groups is 3. The van der Waals surface area contributed by atoms with Crippen LogP contribution in [0.3, 0.4) is 0 Å². The predicted molar refractivity (Wildman–Crippen MR) is 115 cm³/mol. The van der Waals surface area contributed by atoms with E-state index in [0.717, 1.165) is 24.8 Å². The molecule has 6 heteroatoms. The van der Waals surface area contributed by atoms with E-state index in [2.05, 4.69) is 13.8 Å². The second kappa shape index (κ2) is 8.22. The first-order valence-electron chi connectivity index (χ1n) is 11.7. The molecule has 0 amide bonds. The molecule has 0 saturated heterocycles. The van der Waals surface area contributed by atoms with Crippen molar-refractivity contribution in [3.63, 3.8) is 0 Å². The summed E-state index contributed by atoms with van der Waals surface area (Å²) < 4.78 is 5.98. The van der Waals surface area contributed by atoms with Crippen LogP contribution in [0.15, 0.2) is 23.8 Å². The predicted octanol–water partition coefficient (Wildman–Crippen LogP) is 2.56. The van der Waals surface area contributed by atoms with E-state index < -0.39 is 36.4 Å². The third-order valence-corrected chi connectivity index (χ3v) is 8.87. The minimum atomic E-state index is -0.931. The summed E-state index contributed by atoms with van der Waals surface area (Å²) in [6, 6.07) is 0. The zero-order valence-corrected chi connectivity index (χ0v) is 18.8. The summed E-state index contributed by atoms with van der Waals surface area (Å²) in [7, 11) is 0. The number of hydrogen-bond donors (Lipinski definition) is 3. The Balaban J connectivity index is 1.69. The zero-order valence-electron chi connectivity index (χ0n) is 18.8. The third kappa shape index (κ3) is 3.56. The number of allylic oxidation sites excluding steroid dienone is 4. The number of aliphatic hydroxyl groups excluding tert-OH is 3. The lowest BCUT2D eigenvalue weighted by molar-refractivity contribution is -0.166. The molecule has 0 heterocycles. The van der Waals surface area contributed by atoms with E-state index in [1.807, 2.05) is 13.0 Å². The lowest BCUT2D eigenvalue weighted by Crippen LogP contribution is -2.56. The van der Waals surface area contributed by atoms with Gasteiger partial charge >= 0.3 is 0 Å². The second-order valence-corrected chi connectivity index (χ2v) is 10.6. The van der Waals surface area contributed by atoms with Gasteiger partial charge in [0, 0.05) is 11.3 Å². The van der Waals surface area contributed by atoms with E-state index in [-0.39, 0.29) is 34.7 Å². The van der Waals surface area contributed by atoms with Crippen LogP contribution in [0, 0.1) is 34.5 Å². The van der Waals surface area contributed by atoms with Crippen LogP contribution in [0.5, 0.6) is 0 Å². The van der Waals surface area contributed by atoms with E-state index in [1.165, 1.54) is 0 Å². The SMILES string of the molecule is CCCC(O)OC1CC2C3CCC4=CC(=O)C=CC4(C)C3C(O)CC2(C)C1C(=O)CO. The monoisotopic (exact) mass is 432 g/mol. The molecule has 3 saturated carbocycles. The van der Waals surface area contributed by atoms with Crippen molar-refractivity contribution < 1.29 is 29.6 Å². The molecule has 0 spiro atoms. The van der Waals surface area contributed by atoms with Crippen molar-refractivity contribution >= 4 is 11.6 Å². The van der Waals surface area contributed by atoms with Gasteiger partial charge in [0.15, 0.2) is 17.9 Å². The number of ketones is 2. The van der Waals surface area contributed by atoms with Gasteiger partial charge in [0.2, 0.25) is 0 Å². The van der Waals surface area contributed by atoms with Gasteiger partial charge in [0.05, 0.1) is 18.1 Å². The molecule has 9 atom stereocenters. The quantitative estimate of drug-likeness (QED) is 0.557. The Hall–Kier alpha value is -1.34. The van der Waals surface area contributed by atoms with Crippen LogP contribution in [0.25, 0.3) is 0 Å². The normalized spacial score (nSPS) is 44.8. The van der Waals surface area contributed by atoms with E-state index in [1.54, 1.807) is 12.2 Å². The van der Waals surface area contributed by atoms with Crippen molar-refractivity contribution in [1.82, 2.24) is 0 Å². The van der Waals surface area contributed by atoms with Crippen LogP contribution in [0.1, 0.15) is 59.3 Å². The molecule has 0 aromatic rings. The summed E-state index contributed by atoms with van der Waals surface area (Å²) in [5.74, 6) is -0.509. The van der Waals surface area contributed by atoms with Gasteiger partial charge in [0.1, 0.15) is 6.61 Å². The number of carbonyl (C=O) groups excluding carboxylic acids is 2. The highest BCUT2D eigenvalue weighted by Gasteiger charge is 2.65. The summed E-state index contributed by atoms with van der Waals surface area (Å²) in [4.78, 5) is 24.8. The van der Waals surface area contributed by atoms with Gasteiger partial charge in [-0.2, -0.15) is 0 Å². The first-order valence-corrected chi connectivity index (χ1v) is 11.7. The van der Waals surface area contributed by atoms with Gasteiger partial charge in [-0.25, -0.2) is 0 Å². The second-order valence-electron chi connectivity index (χ2n) is 10.6. The summed E-state index contributed by atoms with van der Waals surface area (Å²) >= 11 is 0. The van der Waals surface area contributed by atoms with Crippen molar-refractivity contribution in [1.29, 1.82) is 0 Å². The molecule has 0 radical (unpaired) electrons. The topological polar surface area (TPSA) is 104 Å². The lowest BCUT2D eigenvalue weighted by Gasteiger charge is -2.58. The van der Waals surface area contributed by atoms with Crippen LogP contribution in [0.2, 0.25) is 0 Å². The van der Waals surface area contributed by atoms with Gasteiger partial charge in [-0.1, -0.05) is 38.8 Å². The maximum atomic E-state index is 12.9. The van der Waals surface area contributed by atoms with Crippen LogP contribution in [0.4, 0.5) is 0 Å². The highest BCUT2D eigenvalue weighted by atomic mass is 16.6. The highest BCUT2D eigenvalue weighted by Crippen LogP contribution is 2.66. The van der Waals surface area contributed by atoms with E-state index >= 15 is 0 Å². The standard InChI is InChI=1S/C25H36O6/c1-4-5-21(30)31-20-11-17-16-7-6-14-10-15(27)8-9-24(14,2)22(16)18(28)12-25(17,3)23(20)19(29)13-26/h8-10,16-18,20-23,26,28,30H,4-7,11-13H2,1-3H3. The molecule has 172 valence electrons. The van der Waals surface area contributed by atoms with Crippen LogP contribution in [-0.4, -0.2) is 52.0 Å². The minimum Gasteiger partial charge on any atom is -0.393 e. The summed E-state index contributed by atoms with van der Waals surface area (Å²) in [6.07, 6.45) is 7.32. The van der Waals surface area contributed by atoms with Crippen molar-refractivity contribution in [2.75, 3.05) is 6.61 Å². The molecular weight excluding hydrogens is 396 g/mol. The molecule has 4 rings (SSSR count). The van der Waals surface area contributed by atoms with Crippen LogP contribution < -0.4 is 0 Å². The summed E-state index contributed by atoms with van der Waals surface area (Å²) in [6.45, 7) is 5.58. The van der Waals surface area contributed by atoms with Gasteiger partial charge < -0.3 is 20.1 Å². The molecule has 3 N–H and O–H groups in total. The Morgan fingerprint density at radius 3 is 2.77 bits per heavy atom. The Labute approximate surface area is 184 Å². The van der Waals surface area contributed by atoms with E-state index in [9.17, 15) is 24.9 Å². The van der Waals surface area contributed by atoms with Gasteiger partial charge in [-0.15, -0.1) is 0 Å². The molecule has 0 aromatic heterocycles. The fourth-order valence-corrected chi connectivity index (χ4v) is 7.64. The Morgan fingerprint density at radius 2 is 2.10 bits per heavy atom. The molecule has 9 unspecified atom stereocenters. The number of Topliss-reactive ketones (excluding diaryl/α,β-unsaturated/α-hetero) is 1. The summed E-state index contributed by atoms with van der Waals surface area (Å²) in [5.41, 5.74) is 0.230. The smallest absolute Gasteiger partial charge is 0.178 e. The molecule has 6 nitrogen and oxygen atoms in total. The fraction of sp³-hybridized carbons (Fsp3) is 0.760. The molecule has 4 aliphatic rings. The molecule has 31 heavy (non-hydrogen) atoms. The molecule has 4 aliphatic carbocycles. The average molecular weight is 433 g/mol. The Bertz CT molecular complexity index is 802. The number of rotatable bonds is 6. The number of carbonyl (C=O) groups is 2. The van der Waals surface area contributed by atoms with E-state index in [4.69, 9.17) is 4.74 Å². The summed E-state index contributed by atoms with van der Waals surface area (Å²) in [5, 5.41) is 31.4. The minimum absolute atomic E-state index is 0.00825. The maximum Gasteiger partial charge on any atom is 0.178 e.